The molecule has 33 heavy (non-hydrogen) atoms. The van der Waals surface area contributed by atoms with Crippen LogP contribution in [0.2, 0.25) is 0 Å². The van der Waals surface area contributed by atoms with Crippen molar-refractivity contribution in [3.05, 3.63) is 59.9 Å². The Labute approximate surface area is 194 Å². The molecule has 2 aromatic carbocycles. The van der Waals surface area contributed by atoms with Gasteiger partial charge in [0.25, 0.3) is 5.91 Å². The highest BCUT2D eigenvalue weighted by molar-refractivity contribution is 7.89. The Kier molecular flexibility index (Phi) is 5.97. The molecule has 2 fully saturated rings. The monoisotopic (exact) mass is 466 g/mol. The summed E-state index contributed by atoms with van der Waals surface area (Å²) in [4.78, 5) is 23.5. The standard InChI is InChI=1S/C25H30N4O3S/c1-18-8-4-5-15-29(18)33(31,32)21-11-6-9-19(16-21)25(30)28-14-7-10-20(17-28)24-26-22-12-2-3-13-23(22)27-24/h2-3,6,9,11-13,16,18,20H,4-5,7-8,10,14-15,17H2,1H3,(H,26,27). The SMILES string of the molecule is CC1CCCCN1S(=O)(=O)c1cccc(C(=O)N2CCCC(c3nc4ccccc4[nH]3)C2)c1. The van der Waals surface area contributed by atoms with E-state index < -0.39 is 10.0 Å². The number of amides is 1. The van der Waals surface area contributed by atoms with Crippen molar-refractivity contribution in [2.75, 3.05) is 19.6 Å². The van der Waals surface area contributed by atoms with Gasteiger partial charge in [-0.3, -0.25) is 4.79 Å². The maximum absolute atomic E-state index is 13.4. The van der Waals surface area contributed by atoms with Crippen molar-refractivity contribution >= 4 is 27.0 Å². The Bertz CT molecular complexity index is 1240. The largest absolute Gasteiger partial charge is 0.342 e. The van der Waals surface area contributed by atoms with Crippen LogP contribution in [0.15, 0.2) is 53.4 Å². The summed E-state index contributed by atoms with van der Waals surface area (Å²) >= 11 is 0. The highest BCUT2D eigenvalue weighted by Crippen LogP contribution is 2.29. The van der Waals surface area contributed by atoms with Gasteiger partial charge in [-0.25, -0.2) is 13.4 Å². The molecule has 0 radical (unpaired) electrons. The molecular formula is C25H30N4O3S. The first-order valence-electron chi connectivity index (χ1n) is 11.8. The van der Waals surface area contributed by atoms with E-state index in [1.54, 1.807) is 28.6 Å². The van der Waals surface area contributed by atoms with Crippen LogP contribution in [0.4, 0.5) is 0 Å². The Morgan fingerprint density at radius 1 is 1.03 bits per heavy atom. The molecule has 2 atom stereocenters. The van der Waals surface area contributed by atoms with Crippen LogP contribution in [0.5, 0.6) is 0 Å². The Morgan fingerprint density at radius 2 is 1.88 bits per heavy atom. The number of nitrogens with zero attached hydrogens (tertiary/aromatic N) is 3. The second-order valence-electron chi connectivity index (χ2n) is 9.22. The molecule has 0 saturated carbocycles. The number of benzene rings is 2. The van der Waals surface area contributed by atoms with Crippen LogP contribution >= 0.6 is 0 Å². The van der Waals surface area contributed by atoms with Crippen molar-refractivity contribution in [1.29, 1.82) is 0 Å². The molecule has 2 saturated heterocycles. The number of hydrogen-bond acceptors (Lipinski definition) is 4. The minimum Gasteiger partial charge on any atom is -0.342 e. The maximum Gasteiger partial charge on any atom is 0.253 e. The molecule has 2 unspecified atom stereocenters. The van der Waals surface area contributed by atoms with Gasteiger partial charge >= 0.3 is 0 Å². The molecule has 1 amide bonds. The van der Waals surface area contributed by atoms with Crippen LogP contribution in [0.1, 0.15) is 61.1 Å². The fourth-order valence-electron chi connectivity index (χ4n) is 5.09. The number of hydrogen-bond donors (Lipinski definition) is 1. The molecule has 2 aliphatic heterocycles. The Hall–Kier alpha value is -2.71. The topological polar surface area (TPSA) is 86.4 Å². The van der Waals surface area contributed by atoms with Gasteiger partial charge in [0.1, 0.15) is 5.82 Å². The number of fused-ring (bicyclic) bond motifs is 1. The lowest BCUT2D eigenvalue weighted by Crippen LogP contribution is -2.42. The number of piperidine rings is 2. The Morgan fingerprint density at radius 3 is 2.70 bits per heavy atom. The zero-order valence-electron chi connectivity index (χ0n) is 18.9. The molecule has 8 heteroatoms. The van der Waals surface area contributed by atoms with E-state index in [9.17, 15) is 13.2 Å². The van der Waals surface area contributed by atoms with Gasteiger partial charge in [-0.1, -0.05) is 24.6 Å². The van der Waals surface area contributed by atoms with Gasteiger partial charge in [-0.05, 0) is 62.9 Å². The number of nitrogens with one attached hydrogen (secondary N) is 1. The third kappa shape index (κ3) is 4.29. The lowest BCUT2D eigenvalue weighted by Gasteiger charge is -2.33. The molecule has 0 aliphatic carbocycles. The lowest BCUT2D eigenvalue weighted by molar-refractivity contribution is 0.0704. The van der Waals surface area contributed by atoms with Crippen LogP contribution in [-0.2, 0) is 10.0 Å². The zero-order chi connectivity index (χ0) is 23.0. The fourth-order valence-corrected chi connectivity index (χ4v) is 6.83. The van der Waals surface area contributed by atoms with E-state index in [-0.39, 0.29) is 22.8 Å². The first kappa shape index (κ1) is 22.1. The summed E-state index contributed by atoms with van der Waals surface area (Å²) in [7, 11) is -3.62. The van der Waals surface area contributed by atoms with Gasteiger partial charge in [0.2, 0.25) is 10.0 Å². The second kappa shape index (κ2) is 8.91. The van der Waals surface area contributed by atoms with Gasteiger partial charge in [-0.2, -0.15) is 4.31 Å². The van der Waals surface area contributed by atoms with E-state index in [0.29, 0.717) is 25.2 Å². The van der Waals surface area contributed by atoms with Crippen LogP contribution in [0.3, 0.4) is 0 Å². The van der Waals surface area contributed by atoms with E-state index in [1.807, 2.05) is 36.1 Å². The van der Waals surface area contributed by atoms with Crippen molar-refractivity contribution in [2.45, 2.75) is 55.9 Å². The number of sulfonamides is 1. The molecule has 1 aromatic heterocycles. The lowest BCUT2D eigenvalue weighted by atomic mass is 9.96. The van der Waals surface area contributed by atoms with Crippen LogP contribution < -0.4 is 0 Å². The van der Waals surface area contributed by atoms with Gasteiger partial charge < -0.3 is 9.88 Å². The van der Waals surface area contributed by atoms with Crippen LogP contribution in [-0.4, -0.2) is 59.2 Å². The zero-order valence-corrected chi connectivity index (χ0v) is 19.7. The number of likely N-dealkylation sites (tertiary alicyclic amines) is 1. The van der Waals surface area contributed by atoms with Crippen molar-refractivity contribution in [3.8, 4) is 0 Å². The van der Waals surface area contributed by atoms with E-state index in [0.717, 1.165) is 49.0 Å². The van der Waals surface area contributed by atoms with Gasteiger partial charge in [0.15, 0.2) is 0 Å². The van der Waals surface area contributed by atoms with E-state index in [2.05, 4.69) is 4.98 Å². The van der Waals surface area contributed by atoms with Crippen molar-refractivity contribution in [2.24, 2.45) is 0 Å². The number of para-hydroxylation sites is 2. The molecule has 0 spiro atoms. The molecule has 2 aliphatic rings. The quantitative estimate of drug-likeness (QED) is 0.626. The van der Waals surface area contributed by atoms with Crippen molar-refractivity contribution in [3.63, 3.8) is 0 Å². The molecule has 7 nitrogen and oxygen atoms in total. The average molecular weight is 467 g/mol. The third-order valence-electron chi connectivity index (χ3n) is 6.93. The minimum atomic E-state index is -3.62. The molecule has 0 bridgehead atoms. The summed E-state index contributed by atoms with van der Waals surface area (Å²) in [5.74, 6) is 0.917. The molecule has 3 aromatic rings. The van der Waals surface area contributed by atoms with Gasteiger partial charge in [0, 0.05) is 37.2 Å². The number of imidazole rings is 1. The molecule has 174 valence electrons. The van der Waals surface area contributed by atoms with E-state index >= 15 is 0 Å². The molecule has 1 N–H and O–H groups in total. The summed E-state index contributed by atoms with van der Waals surface area (Å²) in [6.45, 7) is 3.72. The number of H-pyrrole nitrogens is 1. The average Bonchev–Trinajstić information content (AvgIpc) is 3.28. The van der Waals surface area contributed by atoms with Gasteiger partial charge in [0.05, 0.1) is 15.9 Å². The van der Waals surface area contributed by atoms with Crippen molar-refractivity contribution < 1.29 is 13.2 Å². The van der Waals surface area contributed by atoms with E-state index in [1.165, 1.54) is 0 Å². The predicted octanol–water partition coefficient (Wildman–Crippen LogP) is 4.15. The number of aromatic amines is 1. The summed E-state index contributed by atoms with van der Waals surface area (Å²) in [5, 5.41) is 0. The first-order chi connectivity index (χ1) is 15.9. The molecule has 5 rings (SSSR count). The van der Waals surface area contributed by atoms with Gasteiger partial charge in [-0.15, -0.1) is 0 Å². The molecular weight excluding hydrogens is 436 g/mol. The smallest absolute Gasteiger partial charge is 0.253 e. The first-order valence-corrected chi connectivity index (χ1v) is 13.2. The molecule has 3 heterocycles. The maximum atomic E-state index is 13.4. The minimum absolute atomic E-state index is 0.0187. The summed E-state index contributed by atoms with van der Waals surface area (Å²) < 4.78 is 28.1. The summed E-state index contributed by atoms with van der Waals surface area (Å²) in [6, 6.07) is 14.5. The highest BCUT2D eigenvalue weighted by Gasteiger charge is 2.32. The summed E-state index contributed by atoms with van der Waals surface area (Å²) in [5.41, 5.74) is 2.35. The number of rotatable bonds is 4. The Balaban J connectivity index is 1.36. The fraction of sp³-hybridized carbons (Fsp3) is 0.440. The third-order valence-corrected chi connectivity index (χ3v) is 8.94. The number of aromatic nitrogens is 2. The number of carbonyl (C=O) groups excluding carboxylic acids is 1. The second-order valence-corrected chi connectivity index (χ2v) is 11.1. The predicted molar refractivity (Wildman–Crippen MR) is 128 cm³/mol. The van der Waals surface area contributed by atoms with Crippen LogP contribution in [0, 0.1) is 0 Å². The normalized spacial score (nSPS) is 22.5. The summed E-state index contributed by atoms with van der Waals surface area (Å²) in [6.07, 6.45) is 4.64. The van der Waals surface area contributed by atoms with Crippen molar-refractivity contribution in [1.82, 2.24) is 19.2 Å². The van der Waals surface area contributed by atoms with E-state index in [4.69, 9.17) is 4.98 Å². The highest BCUT2D eigenvalue weighted by atomic mass is 32.2. The number of carbonyl (C=O) groups is 1. The van der Waals surface area contributed by atoms with Crippen LogP contribution in [0.25, 0.3) is 11.0 Å².